The van der Waals surface area contributed by atoms with E-state index in [2.05, 4.69) is 30.4 Å². The summed E-state index contributed by atoms with van der Waals surface area (Å²) in [6, 6.07) is 4.00. The van der Waals surface area contributed by atoms with Gasteiger partial charge in [0.05, 0.1) is 24.5 Å². The van der Waals surface area contributed by atoms with Crippen molar-refractivity contribution in [3.05, 3.63) is 36.7 Å². The smallest absolute Gasteiger partial charge is 0.237 e. The van der Waals surface area contributed by atoms with Crippen LogP contribution in [0.2, 0.25) is 0 Å². The summed E-state index contributed by atoms with van der Waals surface area (Å²) >= 11 is 0. The maximum Gasteiger partial charge on any atom is 0.237 e. The van der Waals surface area contributed by atoms with Crippen LogP contribution in [0.3, 0.4) is 0 Å². The van der Waals surface area contributed by atoms with E-state index in [1.54, 1.807) is 32.0 Å². The summed E-state index contributed by atoms with van der Waals surface area (Å²) in [4.78, 5) is 17.2. The lowest BCUT2D eigenvalue weighted by Crippen LogP contribution is -2.20. The highest BCUT2D eigenvalue weighted by molar-refractivity contribution is 5.67. The monoisotopic (exact) mass is 381 g/mol. The van der Waals surface area contributed by atoms with Gasteiger partial charge in [-0.2, -0.15) is 10.1 Å². The van der Waals surface area contributed by atoms with Gasteiger partial charge in [-0.05, 0) is 37.8 Å². The molecule has 0 amide bonds. The molecule has 3 aromatic rings. The van der Waals surface area contributed by atoms with Crippen LogP contribution >= 0.6 is 0 Å². The first-order chi connectivity index (χ1) is 13.7. The van der Waals surface area contributed by atoms with E-state index in [1.165, 1.54) is 0 Å². The number of nitrogens with one attached hydrogen (secondary N) is 1. The zero-order valence-corrected chi connectivity index (χ0v) is 15.6. The average Bonchev–Trinajstić information content (AvgIpc) is 3.26. The lowest BCUT2D eigenvalue weighted by atomic mass is 9.83. The highest BCUT2D eigenvalue weighted by Crippen LogP contribution is 2.40. The number of hydrogen-bond acceptors (Lipinski definition) is 9. The van der Waals surface area contributed by atoms with Gasteiger partial charge in [0.15, 0.2) is 5.82 Å². The van der Waals surface area contributed by atoms with Crippen LogP contribution in [0.1, 0.15) is 43.3 Å². The summed E-state index contributed by atoms with van der Waals surface area (Å²) in [6.07, 6.45) is 8.85. The number of nitrogens with two attached hydrogens (primary N) is 2. The van der Waals surface area contributed by atoms with Crippen LogP contribution < -0.4 is 21.5 Å². The Kier molecular flexibility index (Phi) is 4.92. The van der Waals surface area contributed by atoms with Gasteiger partial charge < -0.3 is 21.5 Å². The first-order valence-electron chi connectivity index (χ1n) is 9.18. The zero-order chi connectivity index (χ0) is 19.5. The van der Waals surface area contributed by atoms with E-state index in [-0.39, 0.29) is 11.7 Å². The summed E-state index contributed by atoms with van der Waals surface area (Å²) in [5, 5.41) is 7.39. The lowest BCUT2D eigenvalue weighted by Gasteiger charge is -2.29. The van der Waals surface area contributed by atoms with Crippen molar-refractivity contribution in [1.82, 2.24) is 29.7 Å². The van der Waals surface area contributed by atoms with E-state index < -0.39 is 0 Å². The molecule has 1 fully saturated rings. The molecule has 0 atom stereocenters. The van der Waals surface area contributed by atoms with Gasteiger partial charge in [0.1, 0.15) is 18.3 Å². The van der Waals surface area contributed by atoms with E-state index in [0.29, 0.717) is 29.2 Å². The molecule has 4 rings (SSSR count). The van der Waals surface area contributed by atoms with Crippen molar-refractivity contribution in [3.8, 4) is 5.88 Å². The zero-order valence-electron chi connectivity index (χ0n) is 15.6. The average molecular weight is 381 g/mol. The molecule has 10 nitrogen and oxygen atoms in total. The molecule has 1 saturated carbocycles. The van der Waals surface area contributed by atoms with Gasteiger partial charge in [0, 0.05) is 12.1 Å². The Bertz CT molecular complexity index is 936. The van der Waals surface area contributed by atoms with E-state index in [0.717, 1.165) is 31.4 Å². The fraction of sp³-hybridized carbons (Fsp3) is 0.389. The molecule has 3 heterocycles. The Morgan fingerprint density at radius 1 is 1.18 bits per heavy atom. The number of pyridine rings is 1. The number of hydrogen-bond donors (Lipinski definition) is 3. The molecule has 1 aliphatic carbocycles. The van der Waals surface area contributed by atoms with Crippen molar-refractivity contribution >= 4 is 23.1 Å². The van der Waals surface area contributed by atoms with Gasteiger partial charge in [-0.25, -0.2) is 19.6 Å². The third-order valence-electron chi connectivity index (χ3n) is 5.11. The van der Waals surface area contributed by atoms with Crippen molar-refractivity contribution in [2.45, 2.75) is 37.6 Å². The van der Waals surface area contributed by atoms with E-state index in [1.807, 2.05) is 10.7 Å². The molecular weight excluding hydrogens is 358 g/mol. The normalized spacial score (nSPS) is 19.3. The number of methoxy groups -OCH3 is 1. The first kappa shape index (κ1) is 18.0. The molecule has 146 valence electrons. The number of rotatable bonds is 5. The third-order valence-corrected chi connectivity index (χ3v) is 5.11. The lowest BCUT2D eigenvalue weighted by molar-refractivity contribution is 0.301. The fourth-order valence-electron chi connectivity index (χ4n) is 3.66. The van der Waals surface area contributed by atoms with E-state index in [4.69, 9.17) is 16.2 Å². The fourth-order valence-corrected chi connectivity index (χ4v) is 3.66. The summed E-state index contributed by atoms with van der Waals surface area (Å²) in [5.41, 5.74) is 14.2. The first-order valence-corrected chi connectivity index (χ1v) is 9.18. The molecule has 0 bridgehead atoms. The van der Waals surface area contributed by atoms with Gasteiger partial charge in [-0.15, -0.1) is 0 Å². The Morgan fingerprint density at radius 2 is 2.00 bits per heavy atom. The standard InChI is InChI=1S/C18H23N9O/c1-28-17-13(3-2-8-22-17)24-18-25-15(14(19)16(20)26-18)11-4-6-12(7-5-11)27-10-21-9-23-27/h2-3,8-12H,4-7,19H2,1H3,(H3,20,24,25,26)/t11-,12-. The minimum absolute atomic E-state index is 0.224. The van der Waals surface area contributed by atoms with Crippen LogP contribution in [0.4, 0.5) is 23.1 Å². The number of aromatic nitrogens is 6. The van der Waals surface area contributed by atoms with Gasteiger partial charge in [-0.1, -0.05) is 0 Å². The third kappa shape index (κ3) is 3.53. The Labute approximate surface area is 162 Å². The van der Waals surface area contributed by atoms with Crippen LogP contribution in [0, 0.1) is 0 Å². The summed E-state index contributed by atoms with van der Waals surface area (Å²) < 4.78 is 7.19. The molecule has 10 heteroatoms. The number of anilines is 4. The molecule has 5 N–H and O–H groups in total. The van der Waals surface area contributed by atoms with Gasteiger partial charge in [-0.3, -0.25) is 0 Å². The molecule has 0 aromatic carbocycles. The van der Waals surface area contributed by atoms with Crippen molar-refractivity contribution in [1.29, 1.82) is 0 Å². The maximum absolute atomic E-state index is 6.22. The van der Waals surface area contributed by atoms with Crippen LogP contribution in [0.5, 0.6) is 5.88 Å². The topological polar surface area (TPSA) is 143 Å². The minimum Gasteiger partial charge on any atom is -0.480 e. The second-order valence-electron chi connectivity index (χ2n) is 6.80. The molecule has 0 saturated heterocycles. The maximum atomic E-state index is 6.22. The Morgan fingerprint density at radius 3 is 2.71 bits per heavy atom. The second kappa shape index (κ2) is 7.67. The molecule has 3 aromatic heterocycles. The highest BCUT2D eigenvalue weighted by Gasteiger charge is 2.27. The largest absolute Gasteiger partial charge is 0.480 e. The van der Waals surface area contributed by atoms with Gasteiger partial charge in [0.25, 0.3) is 0 Å². The van der Waals surface area contributed by atoms with Crippen LogP contribution in [-0.4, -0.2) is 36.8 Å². The van der Waals surface area contributed by atoms with E-state index >= 15 is 0 Å². The summed E-state index contributed by atoms with van der Waals surface area (Å²) in [5.74, 6) is 1.33. The molecule has 0 spiro atoms. The number of nitrogens with zero attached hydrogens (tertiary/aromatic N) is 6. The quantitative estimate of drug-likeness (QED) is 0.606. The molecule has 28 heavy (non-hydrogen) atoms. The van der Waals surface area contributed by atoms with Crippen LogP contribution in [0.25, 0.3) is 0 Å². The Hall–Kier alpha value is -3.43. The van der Waals surface area contributed by atoms with Crippen molar-refractivity contribution < 1.29 is 4.74 Å². The van der Waals surface area contributed by atoms with Crippen LogP contribution in [0.15, 0.2) is 31.0 Å². The molecule has 0 aliphatic heterocycles. The van der Waals surface area contributed by atoms with E-state index in [9.17, 15) is 0 Å². The molecule has 0 radical (unpaired) electrons. The summed E-state index contributed by atoms with van der Waals surface area (Å²) in [6.45, 7) is 0. The van der Waals surface area contributed by atoms with Crippen molar-refractivity contribution in [2.24, 2.45) is 0 Å². The Balaban J connectivity index is 1.54. The molecular formula is C18H23N9O. The minimum atomic E-state index is 0.224. The van der Waals surface area contributed by atoms with Gasteiger partial charge >= 0.3 is 0 Å². The van der Waals surface area contributed by atoms with Crippen LogP contribution in [-0.2, 0) is 0 Å². The highest BCUT2D eigenvalue weighted by atomic mass is 16.5. The SMILES string of the molecule is COc1ncccc1Nc1nc(N)c(N)c([C@H]2CC[C@H](n3cncn3)CC2)n1. The second-order valence-corrected chi connectivity index (χ2v) is 6.80. The number of nitrogen functional groups attached to an aromatic ring is 2. The van der Waals surface area contributed by atoms with Gasteiger partial charge in [0.2, 0.25) is 11.8 Å². The van der Waals surface area contributed by atoms with Crippen molar-refractivity contribution in [3.63, 3.8) is 0 Å². The predicted octanol–water partition coefficient (Wildman–Crippen LogP) is 2.28. The predicted molar refractivity (Wildman–Crippen MR) is 105 cm³/mol. The molecule has 0 unspecified atom stereocenters. The summed E-state index contributed by atoms with van der Waals surface area (Å²) in [7, 11) is 1.56. The molecule has 1 aliphatic rings. The van der Waals surface area contributed by atoms with Crippen molar-refractivity contribution in [2.75, 3.05) is 23.9 Å². The number of ether oxygens (including phenoxy) is 1.